The van der Waals surface area contributed by atoms with E-state index in [2.05, 4.69) is 0 Å². The van der Waals surface area contributed by atoms with Gasteiger partial charge in [-0.15, -0.1) is 0 Å². The van der Waals surface area contributed by atoms with Crippen molar-refractivity contribution in [1.82, 2.24) is 0 Å². The molecule has 1 rings (SSSR count). The number of hydrogen-bond donors (Lipinski definition) is 1. The smallest absolute Gasteiger partial charge is 0.137 e. The second-order valence-electron chi connectivity index (χ2n) is 2.46. The maximum Gasteiger partial charge on any atom is 0.137 e. The molecular weight excluding hydrogens is 188 g/mol. The van der Waals surface area contributed by atoms with Gasteiger partial charge in [0, 0.05) is 6.54 Å². The summed E-state index contributed by atoms with van der Waals surface area (Å²) in [5, 5.41) is 9.16. The molecule has 13 heavy (non-hydrogen) atoms. The Balaban J connectivity index is 3.28. The van der Waals surface area contributed by atoms with Crippen LogP contribution >= 0.6 is 11.6 Å². The highest BCUT2D eigenvalue weighted by Gasteiger charge is 2.07. The highest BCUT2D eigenvalue weighted by molar-refractivity contribution is 6.32. The van der Waals surface area contributed by atoms with Crippen LogP contribution in [-0.4, -0.2) is 7.11 Å². The third-order valence-electron chi connectivity index (χ3n) is 1.72. The van der Waals surface area contributed by atoms with E-state index in [1.54, 1.807) is 12.1 Å². The van der Waals surface area contributed by atoms with Crippen molar-refractivity contribution in [2.24, 2.45) is 5.73 Å². The predicted octanol–water partition coefficient (Wildman–Crippen LogP) is 1.68. The number of methoxy groups -OCH3 is 1. The zero-order valence-electron chi connectivity index (χ0n) is 7.17. The van der Waals surface area contributed by atoms with Crippen LogP contribution in [0.1, 0.15) is 11.1 Å². The molecule has 2 N–H and O–H groups in total. The molecule has 0 fully saturated rings. The van der Waals surface area contributed by atoms with Crippen LogP contribution in [0.5, 0.6) is 5.75 Å². The van der Waals surface area contributed by atoms with E-state index in [9.17, 15) is 0 Å². The van der Waals surface area contributed by atoms with Gasteiger partial charge in [0.1, 0.15) is 5.75 Å². The highest BCUT2D eigenvalue weighted by Crippen LogP contribution is 2.27. The SMILES string of the molecule is COc1cc(CN)c(C#N)cc1Cl. The maximum absolute atomic E-state index is 8.73. The van der Waals surface area contributed by atoms with E-state index in [4.69, 9.17) is 27.3 Å². The number of benzene rings is 1. The fourth-order valence-corrected chi connectivity index (χ4v) is 1.27. The van der Waals surface area contributed by atoms with Crippen LogP contribution in [0.4, 0.5) is 0 Å². The normalized spacial score (nSPS) is 9.38. The second kappa shape index (κ2) is 4.13. The van der Waals surface area contributed by atoms with Gasteiger partial charge in [-0.05, 0) is 17.7 Å². The lowest BCUT2D eigenvalue weighted by atomic mass is 10.1. The minimum atomic E-state index is 0.302. The monoisotopic (exact) mass is 196 g/mol. The van der Waals surface area contributed by atoms with E-state index >= 15 is 0 Å². The summed E-state index contributed by atoms with van der Waals surface area (Å²) in [4.78, 5) is 0. The Morgan fingerprint density at radius 1 is 1.62 bits per heavy atom. The Bertz CT molecular complexity index is 357. The molecule has 1 aromatic carbocycles. The number of ether oxygens (including phenoxy) is 1. The van der Waals surface area contributed by atoms with E-state index in [0.29, 0.717) is 22.9 Å². The molecule has 0 aromatic heterocycles. The van der Waals surface area contributed by atoms with Gasteiger partial charge in [0.2, 0.25) is 0 Å². The van der Waals surface area contributed by atoms with Crippen LogP contribution in [0, 0.1) is 11.3 Å². The van der Waals surface area contributed by atoms with Crippen molar-refractivity contribution in [3.63, 3.8) is 0 Å². The van der Waals surface area contributed by atoms with Gasteiger partial charge in [-0.1, -0.05) is 11.6 Å². The van der Waals surface area contributed by atoms with Crippen LogP contribution in [0.3, 0.4) is 0 Å². The van der Waals surface area contributed by atoms with Crippen molar-refractivity contribution in [3.8, 4) is 11.8 Å². The molecule has 0 aliphatic rings. The molecule has 0 aliphatic carbocycles. The number of nitriles is 1. The number of rotatable bonds is 2. The number of nitrogens with two attached hydrogens (primary N) is 1. The van der Waals surface area contributed by atoms with Crippen molar-refractivity contribution in [1.29, 1.82) is 5.26 Å². The quantitative estimate of drug-likeness (QED) is 0.783. The first-order valence-electron chi connectivity index (χ1n) is 3.69. The molecule has 0 amide bonds. The van der Waals surface area contributed by atoms with Crippen molar-refractivity contribution >= 4 is 11.6 Å². The molecule has 0 heterocycles. The molecule has 68 valence electrons. The highest BCUT2D eigenvalue weighted by atomic mass is 35.5. The summed E-state index contributed by atoms with van der Waals surface area (Å²) in [5.41, 5.74) is 6.68. The van der Waals surface area contributed by atoms with Gasteiger partial charge in [0.25, 0.3) is 0 Å². The van der Waals surface area contributed by atoms with Gasteiger partial charge >= 0.3 is 0 Å². The first-order chi connectivity index (χ1) is 6.22. The van der Waals surface area contributed by atoms with Gasteiger partial charge in [0.05, 0.1) is 23.8 Å². The zero-order chi connectivity index (χ0) is 9.84. The summed E-state index contributed by atoms with van der Waals surface area (Å²) in [6.45, 7) is 0.302. The summed E-state index contributed by atoms with van der Waals surface area (Å²) in [5.74, 6) is 0.543. The van der Waals surface area contributed by atoms with Crippen molar-refractivity contribution in [2.45, 2.75) is 6.54 Å². The topological polar surface area (TPSA) is 59.0 Å². The average molecular weight is 197 g/mol. The minimum absolute atomic E-state index is 0.302. The third kappa shape index (κ3) is 1.92. The molecule has 4 heteroatoms. The largest absolute Gasteiger partial charge is 0.495 e. The summed E-state index contributed by atoms with van der Waals surface area (Å²) >= 11 is 5.82. The minimum Gasteiger partial charge on any atom is -0.495 e. The second-order valence-corrected chi connectivity index (χ2v) is 2.87. The van der Waals surface area contributed by atoms with Crippen LogP contribution < -0.4 is 10.5 Å². The van der Waals surface area contributed by atoms with E-state index < -0.39 is 0 Å². The molecule has 0 spiro atoms. The van der Waals surface area contributed by atoms with Crippen LogP contribution in [-0.2, 0) is 6.54 Å². The van der Waals surface area contributed by atoms with Crippen LogP contribution in [0.2, 0.25) is 5.02 Å². The summed E-state index contributed by atoms with van der Waals surface area (Å²) in [6, 6.07) is 5.26. The van der Waals surface area contributed by atoms with Gasteiger partial charge < -0.3 is 10.5 Å². The lowest BCUT2D eigenvalue weighted by Crippen LogP contribution is -2.00. The van der Waals surface area contributed by atoms with Crippen molar-refractivity contribution < 1.29 is 4.74 Å². The maximum atomic E-state index is 8.73. The summed E-state index contributed by atoms with van der Waals surface area (Å²) in [6.07, 6.45) is 0. The van der Waals surface area contributed by atoms with E-state index in [1.807, 2.05) is 6.07 Å². The number of nitrogens with zero attached hydrogens (tertiary/aromatic N) is 1. The Hall–Kier alpha value is -1.24. The molecule has 0 radical (unpaired) electrons. The molecular formula is C9H9ClN2O. The third-order valence-corrected chi connectivity index (χ3v) is 2.01. The molecule has 0 aliphatic heterocycles. The van der Waals surface area contributed by atoms with E-state index in [-0.39, 0.29) is 0 Å². The Labute approximate surface area is 81.7 Å². The van der Waals surface area contributed by atoms with Crippen molar-refractivity contribution in [3.05, 3.63) is 28.3 Å². The number of hydrogen-bond acceptors (Lipinski definition) is 3. The fraction of sp³-hybridized carbons (Fsp3) is 0.222. The first-order valence-corrected chi connectivity index (χ1v) is 4.07. The van der Waals surface area contributed by atoms with E-state index in [0.717, 1.165) is 5.56 Å². The fourth-order valence-electron chi connectivity index (χ4n) is 1.02. The summed E-state index contributed by atoms with van der Waals surface area (Å²) < 4.78 is 4.99. The Morgan fingerprint density at radius 3 is 2.77 bits per heavy atom. The zero-order valence-corrected chi connectivity index (χ0v) is 7.93. The molecule has 3 nitrogen and oxygen atoms in total. The average Bonchev–Trinajstić information content (AvgIpc) is 2.17. The molecule has 0 bridgehead atoms. The van der Waals surface area contributed by atoms with E-state index in [1.165, 1.54) is 7.11 Å². The summed E-state index contributed by atoms with van der Waals surface area (Å²) in [7, 11) is 1.52. The van der Waals surface area contributed by atoms with Gasteiger partial charge in [-0.2, -0.15) is 5.26 Å². The standard InChI is InChI=1S/C9H9ClN2O/c1-13-9-3-7(5-12)6(4-11)2-8(9)10/h2-3H,5,12H2,1H3. The molecule has 0 saturated heterocycles. The molecule has 0 unspecified atom stereocenters. The van der Waals surface area contributed by atoms with Crippen molar-refractivity contribution in [2.75, 3.05) is 7.11 Å². The van der Waals surface area contributed by atoms with Crippen LogP contribution in [0.15, 0.2) is 12.1 Å². The van der Waals surface area contributed by atoms with Gasteiger partial charge in [-0.3, -0.25) is 0 Å². The Morgan fingerprint density at radius 2 is 2.31 bits per heavy atom. The molecule has 0 atom stereocenters. The predicted molar refractivity (Wildman–Crippen MR) is 50.6 cm³/mol. The van der Waals surface area contributed by atoms with Crippen LogP contribution in [0.25, 0.3) is 0 Å². The lowest BCUT2D eigenvalue weighted by molar-refractivity contribution is 0.414. The van der Waals surface area contributed by atoms with Gasteiger partial charge in [0.15, 0.2) is 0 Å². The van der Waals surface area contributed by atoms with Gasteiger partial charge in [-0.25, -0.2) is 0 Å². The first kappa shape index (κ1) is 9.85. The number of halogens is 1. The lowest BCUT2D eigenvalue weighted by Gasteiger charge is -2.06. The molecule has 1 aromatic rings. The Kier molecular flexibility index (Phi) is 3.13. The molecule has 0 saturated carbocycles.